The highest BCUT2D eigenvalue weighted by atomic mass is 35.5. The van der Waals surface area contributed by atoms with Crippen LogP contribution in [0.4, 0.5) is 0 Å². The van der Waals surface area contributed by atoms with Crippen LogP contribution < -0.4 is 0 Å². The molecule has 90 valence electrons. The van der Waals surface area contributed by atoms with Gasteiger partial charge in [-0.1, -0.05) is 0 Å². The zero-order valence-corrected chi connectivity index (χ0v) is 11.4. The zero-order chi connectivity index (χ0) is 12.0. The van der Waals surface area contributed by atoms with Gasteiger partial charge in [0, 0.05) is 24.2 Å². The lowest BCUT2D eigenvalue weighted by molar-refractivity contribution is -0.130. The number of carbonyl (C=O) groups is 1. The Morgan fingerprint density at radius 1 is 1.50 bits per heavy atom. The molecule has 0 aliphatic rings. The van der Waals surface area contributed by atoms with E-state index in [1.165, 1.54) is 10.4 Å². The van der Waals surface area contributed by atoms with E-state index in [1.54, 1.807) is 16.2 Å². The summed E-state index contributed by atoms with van der Waals surface area (Å²) in [4.78, 5) is 14.8. The highest BCUT2D eigenvalue weighted by molar-refractivity contribution is 7.10. The fourth-order valence-electron chi connectivity index (χ4n) is 1.43. The van der Waals surface area contributed by atoms with Crippen molar-refractivity contribution in [2.24, 2.45) is 0 Å². The molecule has 0 bridgehead atoms. The Balaban J connectivity index is 2.37. The van der Waals surface area contributed by atoms with E-state index in [4.69, 9.17) is 11.6 Å². The lowest BCUT2D eigenvalue weighted by atomic mass is 10.2. The van der Waals surface area contributed by atoms with E-state index in [0.29, 0.717) is 12.3 Å². The van der Waals surface area contributed by atoms with E-state index in [0.717, 1.165) is 19.4 Å². The summed E-state index contributed by atoms with van der Waals surface area (Å²) in [5, 5.41) is 2.07. The summed E-state index contributed by atoms with van der Waals surface area (Å²) in [6, 6.07) is 2.09. The minimum absolute atomic E-state index is 0.206. The Morgan fingerprint density at radius 2 is 2.25 bits per heavy atom. The molecule has 1 amide bonds. The van der Waals surface area contributed by atoms with Crippen LogP contribution in [0.1, 0.15) is 29.7 Å². The van der Waals surface area contributed by atoms with Crippen LogP contribution in [0.2, 0.25) is 0 Å². The Kier molecular flexibility index (Phi) is 5.85. The number of thiophene rings is 1. The van der Waals surface area contributed by atoms with E-state index >= 15 is 0 Å². The van der Waals surface area contributed by atoms with Gasteiger partial charge in [0.05, 0.1) is 6.54 Å². The number of carbonyl (C=O) groups excluding carboxylic acids is 1. The molecule has 0 aliphatic carbocycles. The van der Waals surface area contributed by atoms with Crippen molar-refractivity contribution >= 4 is 28.8 Å². The number of alkyl halides is 1. The maximum Gasteiger partial charge on any atom is 0.222 e. The minimum atomic E-state index is 0.206. The second-order valence-electron chi connectivity index (χ2n) is 3.92. The predicted octanol–water partition coefficient (Wildman–Crippen LogP) is 3.42. The van der Waals surface area contributed by atoms with Crippen LogP contribution in [0.25, 0.3) is 0 Å². The fourth-order valence-corrected chi connectivity index (χ4v) is 2.58. The smallest absolute Gasteiger partial charge is 0.222 e. The van der Waals surface area contributed by atoms with Gasteiger partial charge in [-0.3, -0.25) is 4.79 Å². The Morgan fingerprint density at radius 3 is 2.81 bits per heavy atom. The van der Waals surface area contributed by atoms with E-state index < -0.39 is 0 Å². The van der Waals surface area contributed by atoms with E-state index in [9.17, 15) is 4.79 Å². The van der Waals surface area contributed by atoms with Crippen LogP contribution in [0, 0.1) is 6.92 Å². The highest BCUT2D eigenvalue weighted by Gasteiger charge is 2.10. The SMILES string of the molecule is Cc1ccsc1CN(C)C(=O)CCCCCl. The molecule has 0 aliphatic heterocycles. The molecule has 2 nitrogen and oxygen atoms in total. The number of hydrogen-bond donors (Lipinski definition) is 0. The average Bonchev–Trinajstić information content (AvgIpc) is 2.64. The summed E-state index contributed by atoms with van der Waals surface area (Å²) < 4.78 is 0. The van der Waals surface area contributed by atoms with Crippen LogP contribution in [0.5, 0.6) is 0 Å². The summed E-state index contributed by atoms with van der Waals surface area (Å²) >= 11 is 7.29. The number of aryl methyl sites for hydroxylation is 1. The molecule has 0 spiro atoms. The summed E-state index contributed by atoms with van der Waals surface area (Å²) in [6.45, 7) is 2.81. The van der Waals surface area contributed by atoms with Crippen molar-refractivity contribution in [2.45, 2.75) is 32.7 Å². The molecule has 1 heterocycles. The molecule has 1 aromatic heterocycles. The molecular formula is C12H18ClNOS. The topological polar surface area (TPSA) is 20.3 Å². The first kappa shape index (κ1) is 13.5. The Bertz CT molecular complexity index is 338. The summed E-state index contributed by atoms with van der Waals surface area (Å²) in [5.74, 6) is 0.846. The number of halogens is 1. The molecule has 1 aromatic rings. The summed E-state index contributed by atoms with van der Waals surface area (Å²) in [7, 11) is 1.86. The molecule has 16 heavy (non-hydrogen) atoms. The van der Waals surface area contributed by atoms with Crippen LogP contribution in [0.15, 0.2) is 11.4 Å². The second-order valence-corrected chi connectivity index (χ2v) is 5.30. The van der Waals surface area contributed by atoms with Gasteiger partial charge in [-0.25, -0.2) is 0 Å². The molecule has 0 atom stereocenters. The number of amides is 1. The normalized spacial score (nSPS) is 10.4. The maximum atomic E-state index is 11.7. The largest absolute Gasteiger partial charge is 0.341 e. The van der Waals surface area contributed by atoms with Gasteiger partial charge in [0.15, 0.2) is 0 Å². The van der Waals surface area contributed by atoms with Crippen LogP contribution in [0.3, 0.4) is 0 Å². The molecule has 0 fully saturated rings. The average molecular weight is 260 g/mol. The molecule has 0 aromatic carbocycles. The molecule has 0 N–H and O–H groups in total. The first-order valence-corrected chi connectivity index (χ1v) is 6.89. The molecule has 0 radical (unpaired) electrons. The first-order valence-electron chi connectivity index (χ1n) is 5.48. The van der Waals surface area contributed by atoms with Crippen molar-refractivity contribution < 1.29 is 4.79 Å². The van der Waals surface area contributed by atoms with Gasteiger partial charge in [-0.2, -0.15) is 0 Å². The number of nitrogens with zero attached hydrogens (tertiary/aromatic N) is 1. The van der Waals surface area contributed by atoms with E-state index in [-0.39, 0.29) is 5.91 Å². The highest BCUT2D eigenvalue weighted by Crippen LogP contribution is 2.17. The molecular weight excluding hydrogens is 242 g/mol. The Labute approximate surface area is 106 Å². The molecule has 0 saturated heterocycles. The first-order chi connectivity index (χ1) is 7.65. The quantitative estimate of drug-likeness (QED) is 0.566. The van der Waals surface area contributed by atoms with E-state index in [1.807, 2.05) is 7.05 Å². The number of unbranched alkanes of at least 4 members (excludes halogenated alkanes) is 1. The molecule has 0 saturated carbocycles. The zero-order valence-electron chi connectivity index (χ0n) is 9.83. The van der Waals surface area contributed by atoms with E-state index in [2.05, 4.69) is 18.4 Å². The lowest BCUT2D eigenvalue weighted by Crippen LogP contribution is -2.25. The van der Waals surface area contributed by atoms with Gasteiger partial charge < -0.3 is 4.90 Å². The second kappa shape index (κ2) is 6.92. The minimum Gasteiger partial charge on any atom is -0.341 e. The third-order valence-corrected chi connectivity index (χ3v) is 3.82. The Hall–Kier alpha value is -0.540. The van der Waals surface area contributed by atoms with Gasteiger partial charge >= 0.3 is 0 Å². The lowest BCUT2D eigenvalue weighted by Gasteiger charge is -2.16. The number of hydrogen-bond acceptors (Lipinski definition) is 2. The van der Waals surface area contributed by atoms with Crippen molar-refractivity contribution in [2.75, 3.05) is 12.9 Å². The van der Waals surface area contributed by atoms with Gasteiger partial charge in [0.2, 0.25) is 5.91 Å². The maximum absolute atomic E-state index is 11.7. The van der Waals surface area contributed by atoms with Crippen molar-refractivity contribution in [3.8, 4) is 0 Å². The van der Waals surface area contributed by atoms with Gasteiger partial charge in [0.1, 0.15) is 0 Å². The van der Waals surface area contributed by atoms with Gasteiger partial charge in [-0.05, 0) is 36.8 Å². The van der Waals surface area contributed by atoms with Crippen LogP contribution in [-0.4, -0.2) is 23.7 Å². The van der Waals surface area contributed by atoms with Crippen molar-refractivity contribution in [3.63, 3.8) is 0 Å². The molecule has 4 heteroatoms. The van der Waals surface area contributed by atoms with Crippen LogP contribution >= 0.6 is 22.9 Å². The predicted molar refractivity (Wildman–Crippen MR) is 70.1 cm³/mol. The number of rotatable bonds is 6. The third kappa shape index (κ3) is 4.14. The van der Waals surface area contributed by atoms with Crippen molar-refractivity contribution in [1.29, 1.82) is 0 Å². The molecule has 1 rings (SSSR count). The van der Waals surface area contributed by atoms with Gasteiger partial charge in [-0.15, -0.1) is 22.9 Å². The summed E-state index contributed by atoms with van der Waals surface area (Å²) in [5.41, 5.74) is 1.27. The van der Waals surface area contributed by atoms with Crippen molar-refractivity contribution in [3.05, 3.63) is 21.9 Å². The summed E-state index contributed by atoms with van der Waals surface area (Å²) in [6.07, 6.45) is 2.41. The fraction of sp³-hybridized carbons (Fsp3) is 0.583. The van der Waals surface area contributed by atoms with Gasteiger partial charge in [0.25, 0.3) is 0 Å². The van der Waals surface area contributed by atoms with Crippen molar-refractivity contribution in [1.82, 2.24) is 4.90 Å². The third-order valence-electron chi connectivity index (χ3n) is 2.55. The van der Waals surface area contributed by atoms with Crippen LogP contribution in [-0.2, 0) is 11.3 Å². The monoisotopic (exact) mass is 259 g/mol. The molecule has 0 unspecified atom stereocenters. The standard InChI is InChI=1S/C12H18ClNOS/c1-10-6-8-16-11(10)9-14(2)12(15)5-3-4-7-13/h6,8H,3-5,7,9H2,1-2H3.